The Balaban J connectivity index is 1.82. The molecule has 1 fully saturated rings. The van der Waals surface area contributed by atoms with E-state index in [1.807, 2.05) is 0 Å². The zero-order chi connectivity index (χ0) is 15.4. The molecule has 1 N–H and O–H groups in total. The Morgan fingerprint density at radius 2 is 2.09 bits per heavy atom. The zero-order valence-corrected chi connectivity index (χ0v) is 12.0. The van der Waals surface area contributed by atoms with Crippen molar-refractivity contribution in [3.63, 3.8) is 0 Å². The third-order valence-corrected chi connectivity index (χ3v) is 3.75. The minimum Gasteiger partial charge on any atom is -0.376 e. The van der Waals surface area contributed by atoms with Crippen LogP contribution in [0.4, 0.5) is 4.39 Å². The molecule has 1 aromatic carbocycles. The Morgan fingerprint density at radius 3 is 2.73 bits per heavy atom. The predicted molar refractivity (Wildman–Crippen MR) is 79.8 cm³/mol. The molecule has 0 radical (unpaired) electrons. The molecule has 0 unspecified atom stereocenters. The highest BCUT2D eigenvalue weighted by Crippen LogP contribution is 2.27. The molecule has 3 rings (SSSR count). The average molecular weight is 300 g/mol. The van der Waals surface area contributed by atoms with E-state index >= 15 is 0 Å². The van der Waals surface area contributed by atoms with E-state index in [4.69, 9.17) is 4.74 Å². The molecule has 2 aromatic rings. The van der Waals surface area contributed by atoms with Crippen molar-refractivity contribution in [2.24, 2.45) is 0 Å². The molecule has 4 nitrogen and oxygen atoms in total. The lowest BCUT2D eigenvalue weighted by atomic mass is 9.99. The standard InChI is InChI=1S/C17H17FN2O2/c18-13-8-6-12(7-9-13)16(15-5-3-11-22-15)20-17(21)14-4-1-2-10-19-14/h1-2,4,6-10,15-16H,3,5,11H2,(H,20,21)/t15-,16+/m0/s1. The summed E-state index contributed by atoms with van der Waals surface area (Å²) in [5, 5.41) is 2.96. The SMILES string of the molecule is O=C(N[C@H](c1ccc(F)cc1)[C@@H]1CCCO1)c1ccccn1. The number of pyridine rings is 1. The highest BCUT2D eigenvalue weighted by molar-refractivity contribution is 5.92. The maximum Gasteiger partial charge on any atom is 0.270 e. The summed E-state index contributed by atoms with van der Waals surface area (Å²) in [5.41, 5.74) is 1.19. The molecule has 0 saturated carbocycles. The number of hydrogen-bond acceptors (Lipinski definition) is 3. The van der Waals surface area contributed by atoms with Crippen molar-refractivity contribution in [1.82, 2.24) is 10.3 Å². The first kappa shape index (κ1) is 14.7. The van der Waals surface area contributed by atoms with Gasteiger partial charge in [-0.1, -0.05) is 18.2 Å². The second-order valence-corrected chi connectivity index (χ2v) is 5.27. The van der Waals surface area contributed by atoms with Gasteiger partial charge in [0.1, 0.15) is 11.5 Å². The molecule has 2 heterocycles. The number of carbonyl (C=O) groups excluding carboxylic acids is 1. The number of nitrogens with zero attached hydrogens (tertiary/aromatic N) is 1. The summed E-state index contributed by atoms with van der Waals surface area (Å²) in [5.74, 6) is -0.559. The Hall–Kier alpha value is -2.27. The molecule has 0 spiro atoms. The fourth-order valence-electron chi connectivity index (χ4n) is 2.64. The van der Waals surface area contributed by atoms with E-state index in [-0.39, 0.29) is 23.9 Å². The second-order valence-electron chi connectivity index (χ2n) is 5.27. The lowest BCUT2D eigenvalue weighted by Gasteiger charge is -2.24. The third kappa shape index (κ3) is 3.31. The molecule has 0 bridgehead atoms. The molecule has 5 heteroatoms. The molecule has 1 aliphatic heterocycles. The van der Waals surface area contributed by atoms with E-state index in [2.05, 4.69) is 10.3 Å². The molecule has 22 heavy (non-hydrogen) atoms. The summed E-state index contributed by atoms with van der Waals surface area (Å²) in [6.45, 7) is 0.682. The fraction of sp³-hybridized carbons (Fsp3) is 0.294. The second kappa shape index (κ2) is 6.66. The van der Waals surface area contributed by atoms with Crippen molar-refractivity contribution in [3.8, 4) is 0 Å². The molecule has 2 atom stereocenters. The molecule has 1 amide bonds. The molecular formula is C17H17FN2O2. The fourth-order valence-corrected chi connectivity index (χ4v) is 2.64. The van der Waals surface area contributed by atoms with Gasteiger partial charge >= 0.3 is 0 Å². The van der Waals surface area contributed by atoms with Crippen LogP contribution in [0, 0.1) is 5.82 Å². The summed E-state index contributed by atoms with van der Waals surface area (Å²) >= 11 is 0. The van der Waals surface area contributed by atoms with Crippen LogP contribution in [0.1, 0.15) is 34.9 Å². The maximum absolute atomic E-state index is 13.1. The molecule has 1 aromatic heterocycles. The first-order chi connectivity index (χ1) is 10.7. The van der Waals surface area contributed by atoms with E-state index < -0.39 is 0 Å². The number of hydrogen-bond donors (Lipinski definition) is 1. The number of rotatable bonds is 4. The average Bonchev–Trinajstić information content (AvgIpc) is 3.08. The Morgan fingerprint density at radius 1 is 1.27 bits per heavy atom. The number of halogens is 1. The normalized spacial score (nSPS) is 18.9. The van der Waals surface area contributed by atoms with Crippen molar-refractivity contribution < 1.29 is 13.9 Å². The minimum atomic E-state index is -0.308. The van der Waals surface area contributed by atoms with Gasteiger partial charge in [0, 0.05) is 12.8 Å². The van der Waals surface area contributed by atoms with Gasteiger partial charge in [0.15, 0.2) is 0 Å². The van der Waals surface area contributed by atoms with Gasteiger partial charge in [-0.25, -0.2) is 4.39 Å². The monoisotopic (exact) mass is 300 g/mol. The van der Waals surface area contributed by atoms with Crippen molar-refractivity contribution in [3.05, 3.63) is 65.7 Å². The molecule has 0 aliphatic carbocycles. The van der Waals surface area contributed by atoms with E-state index in [1.165, 1.54) is 12.1 Å². The number of nitrogens with one attached hydrogen (secondary N) is 1. The molecular weight excluding hydrogens is 283 g/mol. The molecule has 1 aliphatic rings. The van der Waals surface area contributed by atoms with E-state index in [1.54, 1.807) is 36.5 Å². The predicted octanol–water partition coefficient (Wildman–Crippen LogP) is 2.87. The number of ether oxygens (including phenoxy) is 1. The van der Waals surface area contributed by atoms with E-state index in [0.29, 0.717) is 12.3 Å². The first-order valence-electron chi connectivity index (χ1n) is 7.33. The Labute approximate surface area is 128 Å². The molecule has 114 valence electrons. The number of amides is 1. The van der Waals surface area contributed by atoms with Crippen LogP contribution < -0.4 is 5.32 Å². The summed E-state index contributed by atoms with van der Waals surface area (Å²) in [4.78, 5) is 16.4. The lowest BCUT2D eigenvalue weighted by Crippen LogP contribution is -2.36. The van der Waals surface area contributed by atoms with Gasteiger partial charge in [-0.05, 0) is 42.7 Å². The Bertz CT molecular complexity index is 625. The largest absolute Gasteiger partial charge is 0.376 e. The van der Waals surface area contributed by atoms with Gasteiger partial charge < -0.3 is 10.1 Å². The van der Waals surface area contributed by atoms with Crippen LogP contribution in [0.5, 0.6) is 0 Å². The number of aromatic nitrogens is 1. The van der Waals surface area contributed by atoms with Gasteiger partial charge in [0.25, 0.3) is 5.91 Å². The number of carbonyl (C=O) groups is 1. The summed E-state index contributed by atoms with van der Waals surface area (Å²) in [6.07, 6.45) is 3.30. The van der Waals surface area contributed by atoms with Gasteiger partial charge in [-0.2, -0.15) is 0 Å². The summed E-state index contributed by atoms with van der Waals surface area (Å²) in [6, 6.07) is 11.0. The van der Waals surface area contributed by atoms with Gasteiger partial charge in [0.2, 0.25) is 0 Å². The van der Waals surface area contributed by atoms with Gasteiger partial charge in [-0.3, -0.25) is 9.78 Å². The Kier molecular flexibility index (Phi) is 4.44. The summed E-state index contributed by atoms with van der Waals surface area (Å²) in [7, 11) is 0. The smallest absolute Gasteiger partial charge is 0.270 e. The van der Waals surface area contributed by atoms with Gasteiger partial charge in [0.05, 0.1) is 12.1 Å². The van der Waals surface area contributed by atoms with Crippen LogP contribution in [-0.4, -0.2) is 23.6 Å². The van der Waals surface area contributed by atoms with Crippen molar-refractivity contribution in [2.45, 2.75) is 25.0 Å². The third-order valence-electron chi connectivity index (χ3n) is 3.75. The highest BCUT2D eigenvalue weighted by Gasteiger charge is 2.29. The zero-order valence-electron chi connectivity index (χ0n) is 12.0. The number of benzene rings is 1. The van der Waals surface area contributed by atoms with Crippen LogP contribution in [0.25, 0.3) is 0 Å². The van der Waals surface area contributed by atoms with Gasteiger partial charge in [-0.15, -0.1) is 0 Å². The van der Waals surface area contributed by atoms with E-state index in [9.17, 15) is 9.18 Å². The van der Waals surface area contributed by atoms with Crippen LogP contribution in [0.2, 0.25) is 0 Å². The van der Waals surface area contributed by atoms with Crippen molar-refractivity contribution >= 4 is 5.91 Å². The molecule has 1 saturated heterocycles. The topological polar surface area (TPSA) is 51.2 Å². The lowest BCUT2D eigenvalue weighted by molar-refractivity contribution is 0.0670. The minimum absolute atomic E-state index is 0.0990. The van der Waals surface area contributed by atoms with Crippen LogP contribution in [0.3, 0.4) is 0 Å². The van der Waals surface area contributed by atoms with Crippen LogP contribution in [-0.2, 0) is 4.74 Å². The van der Waals surface area contributed by atoms with Crippen LogP contribution in [0.15, 0.2) is 48.7 Å². The maximum atomic E-state index is 13.1. The van der Waals surface area contributed by atoms with Crippen molar-refractivity contribution in [1.29, 1.82) is 0 Å². The van der Waals surface area contributed by atoms with Crippen LogP contribution >= 0.6 is 0 Å². The highest BCUT2D eigenvalue weighted by atomic mass is 19.1. The van der Waals surface area contributed by atoms with E-state index in [0.717, 1.165) is 18.4 Å². The first-order valence-corrected chi connectivity index (χ1v) is 7.33. The van der Waals surface area contributed by atoms with Crippen molar-refractivity contribution in [2.75, 3.05) is 6.61 Å². The quantitative estimate of drug-likeness (QED) is 0.944. The summed E-state index contributed by atoms with van der Waals surface area (Å²) < 4.78 is 18.8.